The van der Waals surface area contributed by atoms with Crippen LogP contribution in [0.3, 0.4) is 0 Å². The van der Waals surface area contributed by atoms with Crippen molar-refractivity contribution in [1.29, 1.82) is 0 Å². The van der Waals surface area contributed by atoms with Gasteiger partial charge in [-0.2, -0.15) is 0 Å². The molecule has 2 aromatic carbocycles. The predicted molar refractivity (Wildman–Crippen MR) is 122 cm³/mol. The topological polar surface area (TPSA) is 60.5 Å². The fourth-order valence-corrected chi connectivity index (χ4v) is 4.45. The van der Waals surface area contributed by atoms with Crippen LogP contribution in [0.4, 0.5) is 5.69 Å². The number of carbonyl (C=O) groups excluding carboxylic acids is 1. The van der Waals surface area contributed by atoms with Gasteiger partial charge in [0.15, 0.2) is 5.75 Å². The van der Waals surface area contributed by atoms with Crippen LogP contribution >= 0.6 is 22.7 Å². The molecule has 0 saturated heterocycles. The molecule has 0 aliphatic carbocycles. The summed E-state index contributed by atoms with van der Waals surface area (Å²) in [6, 6.07) is 18.8. The van der Waals surface area contributed by atoms with Gasteiger partial charge < -0.3 is 14.8 Å². The highest BCUT2D eigenvalue weighted by atomic mass is 32.1. The number of hydrogen-bond acceptors (Lipinski definition) is 6. The molecule has 0 saturated carbocycles. The molecular weight excluding hydrogens is 416 g/mol. The molecule has 0 bridgehead atoms. The maximum absolute atomic E-state index is 12.6. The van der Waals surface area contributed by atoms with Crippen molar-refractivity contribution in [3.05, 3.63) is 77.1 Å². The highest BCUT2D eigenvalue weighted by Crippen LogP contribution is 2.31. The number of aromatic nitrogens is 1. The molecule has 0 unspecified atom stereocenters. The van der Waals surface area contributed by atoms with Gasteiger partial charge in [0.1, 0.15) is 16.5 Å². The van der Waals surface area contributed by atoms with Gasteiger partial charge in [0, 0.05) is 5.38 Å². The predicted octanol–water partition coefficient (Wildman–Crippen LogP) is 6.24. The SMILES string of the molecule is CCOc1ccc(Oc2ccccc2NC(=O)Cc2csc(-c3cccs3)n2)cc1. The van der Waals surface area contributed by atoms with Crippen LogP contribution < -0.4 is 14.8 Å². The number of ether oxygens (including phenoxy) is 2. The van der Waals surface area contributed by atoms with Gasteiger partial charge in [-0.15, -0.1) is 22.7 Å². The molecule has 152 valence electrons. The van der Waals surface area contributed by atoms with Crippen LogP contribution in [0.2, 0.25) is 0 Å². The van der Waals surface area contributed by atoms with E-state index in [2.05, 4.69) is 10.3 Å². The van der Waals surface area contributed by atoms with E-state index in [0.29, 0.717) is 23.8 Å². The minimum absolute atomic E-state index is 0.138. The molecule has 5 nitrogen and oxygen atoms in total. The summed E-state index contributed by atoms with van der Waals surface area (Å²) in [6.45, 7) is 2.56. The van der Waals surface area contributed by atoms with Crippen LogP contribution in [-0.4, -0.2) is 17.5 Å². The minimum Gasteiger partial charge on any atom is -0.494 e. The number of anilines is 1. The summed E-state index contributed by atoms with van der Waals surface area (Å²) in [4.78, 5) is 18.3. The van der Waals surface area contributed by atoms with Crippen molar-refractivity contribution in [3.63, 3.8) is 0 Å². The Kier molecular flexibility index (Phi) is 6.41. The number of hydrogen-bond donors (Lipinski definition) is 1. The van der Waals surface area contributed by atoms with Crippen LogP contribution in [-0.2, 0) is 11.2 Å². The lowest BCUT2D eigenvalue weighted by Gasteiger charge is -2.12. The molecule has 30 heavy (non-hydrogen) atoms. The van der Waals surface area contributed by atoms with Crippen molar-refractivity contribution in [3.8, 4) is 27.1 Å². The number of nitrogens with zero attached hydrogens (tertiary/aromatic N) is 1. The third-order valence-electron chi connectivity index (χ3n) is 4.15. The average Bonchev–Trinajstić information content (AvgIpc) is 3.43. The summed E-state index contributed by atoms with van der Waals surface area (Å²) < 4.78 is 11.4. The van der Waals surface area contributed by atoms with Crippen molar-refractivity contribution in [1.82, 2.24) is 4.98 Å². The second-order valence-corrected chi connectivity index (χ2v) is 8.15. The Morgan fingerprint density at radius 3 is 2.57 bits per heavy atom. The zero-order valence-corrected chi connectivity index (χ0v) is 18.0. The van der Waals surface area contributed by atoms with Gasteiger partial charge in [-0.25, -0.2) is 4.98 Å². The molecule has 0 fully saturated rings. The zero-order valence-electron chi connectivity index (χ0n) is 16.3. The van der Waals surface area contributed by atoms with Crippen molar-refractivity contribution in [2.45, 2.75) is 13.3 Å². The Bertz CT molecular complexity index is 1110. The van der Waals surface area contributed by atoms with Crippen LogP contribution in [0.1, 0.15) is 12.6 Å². The Hall–Kier alpha value is -3.16. The number of thiophene rings is 1. The van der Waals surface area contributed by atoms with Crippen molar-refractivity contribution < 1.29 is 14.3 Å². The summed E-state index contributed by atoms with van der Waals surface area (Å²) in [5, 5.41) is 7.82. The summed E-state index contributed by atoms with van der Waals surface area (Å²) in [6.07, 6.45) is 0.208. The quantitative estimate of drug-likeness (QED) is 0.355. The van der Waals surface area contributed by atoms with E-state index < -0.39 is 0 Å². The summed E-state index contributed by atoms with van der Waals surface area (Å²) in [7, 11) is 0. The largest absolute Gasteiger partial charge is 0.494 e. The third-order valence-corrected chi connectivity index (χ3v) is 6.08. The summed E-state index contributed by atoms with van der Waals surface area (Å²) in [5.74, 6) is 1.89. The van der Waals surface area contributed by atoms with E-state index in [4.69, 9.17) is 9.47 Å². The summed E-state index contributed by atoms with van der Waals surface area (Å²) in [5.41, 5.74) is 1.37. The molecule has 1 N–H and O–H groups in total. The molecule has 4 rings (SSSR count). The second-order valence-electron chi connectivity index (χ2n) is 6.35. The van der Waals surface area contributed by atoms with Crippen LogP contribution in [0, 0.1) is 0 Å². The minimum atomic E-state index is -0.138. The van der Waals surface area contributed by atoms with Crippen LogP contribution in [0.5, 0.6) is 17.2 Å². The standard InChI is InChI=1S/C23H20N2O3S2/c1-2-27-17-9-11-18(12-10-17)28-20-7-4-3-6-19(20)25-22(26)14-16-15-30-23(24-16)21-8-5-13-29-21/h3-13,15H,2,14H2,1H3,(H,25,26). The maximum atomic E-state index is 12.6. The number of amides is 1. The van der Waals surface area contributed by atoms with Gasteiger partial charge in [0.05, 0.1) is 29.3 Å². The first kappa shape index (κ1) is 20.1. The Balaban J connectivity index is 1.41. The first-order valence-corrected chi connectivity index (χ1v) is 11.2. The Morgan fingerprint density at radius 1 is 1.00 bits per heavy atom. The van der Waals surface area contributed by atoms with Gasteiger partial charge >= 0.3 is 0 Å². The molecule has 0 spiro atoms. The van der Waals surface area contributed by atoms with E-state index in [0.717, 1.165) is 21.3 Å². The average molecular weight is 437 g/mol. The number of para-hydroxylation sites is 2. The third kappa shape index (κ3) is 5.06. The monoisotopic (exact) mass is 436 g/mol. The molecule has 7 heteroatoms. The van der Waals surface area contributed by atoms with E-state index in [1.165, 1.54) is 0 Å². The first-order valence-electron chi connectivity index (χ1n) is 9.49. The van der Waals surface area contributed by atoms with E-state index in [1.807, 2.05) is 78.3 Å². The molecular formula is C23H20N2O3S2. The van der Waals surface area contributed by atoms with Gasteiger partial charge in [-0.3, -0.25) is 4.79 Å². The lowest BCUT2D eigenvalue weighted by molar-refractivity contribution is -0.115. The molecule has 1 amide bonds. The number of benzene rings is 2. The highest BCUT2D eigenvalue weighted by molar-refractivity contribution is 7.20. The van der Waals surface area contributed by atoms with Crippen molar-refractivity contribution >= 4 is 34.3 Å². The fourth-order valence-electron chi connectivity index (χ4n) is 2.82. The normalized spacial score (nSPS) is 10.6. The molecule has 0 radical (unpaired) electrons. The van der Waals surface area contributed by atoms with E-state index in [1.54, 1.807) is 22.7 Å². The molecule has 2 aromatic heterocycles. The van der Waals surface area contributed by atoms with Crippen molar-refractivity contribution in [2.24, 2.45) is 0 Å². The lowest BCUT2D eigenvalue weighted by Crippen LogP contribution is -2.15. The smallest absolute Gasteiger partial charge is 0.230 e. The number of rotatable bonds is 8. The lowest BCUT2D eigenvalue weighted by atomic mass is 10.2. The van der Waals surface area contributed by atoms with Gasteiger partial charge in [-0.1, -0.05) is 18.2 Å². The second kappa shape index (κ2) is 9.56. The fraction of sp³-hybridized carbons (Fsp3) is 0.130. The highest BCUT2D eigenvalue weighted by Gasteiger charge is 2.12. The number of thiazole rings is 1. The van der Waals surface area contributed by atoms with E-state index >= 15 is 0 Å². The van der Waals surface area contributed by atoms with Gasteiger partial charge in [0.25, 0.3) is 0 Å². The first-order chi connectivity index (χ1) is 14.7. The van der Waals surface area contributed by atoms with E-state index in [9.17, 15) is 4.79 Å². The Morgan fingerprint density at radius 2 is 1.80 bits per heavy atom. The molecule has 2 heterocycles. The van der Waals surface area contributed by atoms with Crippen molar-refractivity contribution in [2.75, 3.05) is 11.9 Å². The van der Waals surface area contributed by atoms with Gasteiger partial charge in [-0.05, 0) is 54.8 Å². The van der Waals surface area contributed by atoms with Gasteiger partial charge in [0.2, 0.25) is 5.91 Å². The maximum Gasteiger partial charge on any atom is 0.230 e. The number of nitrogens with one attached hydrogen (secondary N) is 1. The molecule has 0 aliphatic rings. The van der Waals surface area contributed by atoms with Crippen LogP contribution in [0.25, 0.3) is 9.88 Å². The summed E-state index contributed by atoms with van der Waals surface area (Å²) >= 11 is 3.19. The molecule has 4 aromatic rings. The van der Waals surface area contributed by atoms with E-state index in [-0.39, 0.29) is 12.3 Å². The number of carbonyl (C=O) groups is 1. The molecule has 0 atom stereocenters. The molecule has 0 aliphatic heterocycles. The zero-order chi connectivity index (χ0) is 20.8. The Labute approximate surface area is 183 Å². The van der Waals surface area contributed by atoms with Crippen LogP contribution in [0.15, 0.2) is 71.4 Å².